The molecule has 5 heteroatoms. The highest BCUT2D eigenvalue weighted by Crippen LogP contribution is 2.66. The Bertz CT molecular complexity index is 2860. The fourth-order valence-electron chi connectivity index (χ4n) is 9.71. The van der Waals surface area contributed by atoms with Gasteiger partial charge in [0.15, 0.2) is 0 Å². The van der Waals surface area contributed by atoms with Crippen LogP contribution in [0.3, 0.4) is 0 Å². The second-order valence-electron chi connectivity index (χ2n) is 15.0. The lowest BCUT2D eigenvalue weighted by atomic mass is 9.74. The Hall–Kier alpha value is -5.93. The van der Waals surface area contributed by atoms with Gasteiger partial charge in [0.1, 0.15) is 11.5 Å². The predicted octanol–water partition coefficient (Wildman–Crippen LogP) is 12.6. The largest absolute Gasteiger partial charge is 0.584 e. The number of fused-ring (bicyclic) bond motifs is 2. The number of hydrogen-bond acceptors (Lipinski definition) is 3. The standard InChI is InChI=1S/C49H35O4P/c50-54(51)52-45-11-5-10-42-44(36-20-14-34(15-21-36)40-23-17-32-7-2-4-9-38(32)29-40)30-49(47(42)45)27-26-43-41(24-25-46(53-54)48(43)49)35-18-12-33(13-19-35)39-22-16-31-6-1-3-8-37(31)28-39/h1-25,28-29,44H,26-27,30H2,(H,50,51). The summed E-state index contributed by atoms with van der Waals surface area (Å²) in [5.41, 5.74) is 12.1. The van der Waals surface area contributed by atoms with Crippen LogP contribution in [0.4, 0.5) is 0 Å². The van der Waals surface area contributed by atoms with Crippen LogP contribution in [0.15, 0.2) is 164 Å². The molecule has 0 radical (unpaired) electrons. The van der Waals surface area contributed by atoms with E-state index in [1.807, 2.05) is 24.3 Å². The first-order valence-electron chi connectivity index (χ1n) is 18.6. The molecule has 8 aromatic carbocycles. The minimum atomic E-state index is -4.46. The van der Waals surface area contributed by atoms with Gasteiger partial charge in [-0.15, -0.1) is 0 Å². The van der Waals surface area contributed by atoms with Crippen molar-refractivity contribution < 1.29 is 18.5 Å². The molecule has 260 valence electrons. The average molecular weight is 719 g/mol. The molecule has 1 N–H and O–H groups in total. The van der Waals surface area contributed by atoms with E-state index in [1.54, 1.807) is 0 Å². The van der Waals surface area contributed by atoms with Crippen molar-refractivity contribution in [3.05, 3.63) is 192 Å². The molecule has 3 atom stereocenters. The Morgan fingerprint density at radius 2 is 1.09 bits per heavy atom. The SMILES string of the molecule is O=P1(O)Oc2cccc3c2C2(CCc4c(-c5ccc(-c6ccc7ccccc7c6)cc5)ccc(c42)O1)CC3c1ccc(-c2ccc3ccccc3c2)cc1. The third-order valence-corrected chi connectivity index (χ3v) is 13.0. The van der Waals surface area contributed by atoms with Crippen LogP contribution in [-0.2, 0) is 16.4 Å². The van der Waals surface area contributed by atoms with Crippen LogP contribution < -0.4 is 9.05 Å². The molecule has 0 saturated carbocycles. The molecular weight excluding hydrogens is 684 g/mol. The summed E-state index contributed by atoms with van der Waals surface area (Å²) < 4.78 is 25.4. The summed E-state index contributed by atoms with van der Waals surface area (Å²) >= 11 is 0. The molecule has 54 heavy (non-hydrogen) atoms. The first kappa shape index (κ1) is 31.6. The zero-order chi connectivity index (χ0) is 36.0. The van der Waals surface area contributed by atoms with Gasteiger partial charge < -0.3 is 9.05 Å². The molecule has 0 aromatic heterocycles. The van der Waals surface area contributed by atoms with Gasteiger partial charge in [0, 0.05) is 22.5 Å². The topological polar surface area (TPSA) is 55.8 Å². The lowest BCUT2D eigenvalue weighted by Gasteiger charge is -2.33. The van der Waals surface area contributed by atoms with Gasteiger partial charge >= 0.3 is 7.82 Å². The Morgan fingerprint density at radius 1 is 0.537 bits per heavy atom. The Kier molecular flexibility index (Phi) is 6.89. The molecule has 1 spiro atoms. The van der Waals surface area contributed by atoms with Crippen molar-refractivity contribution in [2.45, 2.75) is 30.6 Å². The van der Waals surface area contributed by atoms with Crippen LogP contribution in [0.25, 0.3) is 54.9 Å². The van der Waals surface area contributed by atoms with Crippen LogP contribution >= 0.6 is 7.82 Å². The second-order valence-corrected chi connectivity index (χ2v) is 16.3. The van der Waals surface area contributed by atoms with Crippen molar-refractivity contribution in [2.75, 3.05) is 0 Å². The minimum Gasteiger partial charge on any atom is -0.395 e. The van der Waals surface area contributed by atoms with Crippen molar-refractivity contribution in [3.63, 3.8) is 0 Å². The summed E-state index contributed by atoms with van der Waals surface area (Å²) in [6.07, 6.45) is 2.51. The fraction of sp³-hybridized carbons (Fsp3) is 0.102. The van der Waals surface area contributed by atoms with Crippen molar-refractivity contribution in [1.82, 2.24) is 0 Å². The van der Waals surface area contributed by atoms with Gasteiger partial charge in [-0.1, -0.05) is 140 Å². The minimum absolute atomic E-state index is 0.0778. The lowest BCUT2D eigenvalue weighted by Crippen LogP contribution is -2.25. The Balaban J connectivity index is 1.00. The van der Waals surface area contributed by atoms with Crippen LogP contribution in [-0.4, -0.2) is 4.89 Å². The monoisotopic (exact) mass is 718 g/mol. The van der Waals surface area contributed by atoms with Crippen LogP contribution in [0, 0.1) is 0 Å². The molecule has 1 aliphatic heterocycles. The zero-order valence-corrected chi connectivity index (χ0v) is 30.3. The van der Waals surface area contributed by atoms with Crippen LogP contribution in [0.2, 0.25) is 0 Å². The van der Waals surface area contributed by atoms with Gasteiger partial charge in [-0.05, 0) is 115 Å². The van der Waals surface area contributed by atoms with E-state index in [4.69, 9.17) is 9.05 Å². The van der Waals surface area contributed by atoms with E-state index >= 15 is 0 Å². The maximum atomic E-state index is 13.5. The third-order valence-electron chi connectivity index (χ3n) is 12.1. The highest BCUT2D eigenvalue weighted by atomic mass is 31.2. The average Bonchev–Trinajstić information content (AvgIpc) is 3.76. The summed E-state index contributed by atoms with van der Waals surface area (Å²) in [5, 5.41) is 4.91. The Morgan fingerprint density at radius 3 is 1.74 bits per heavy atom. The second kappa shape index (κ2) is 11.8. The van der Waals surface area contributed by atoms with Gasteiger partial charge in [-0.3, -0.25) is 4.89 Å². The number of benzene rings is 8. The molecule has 0 fully saturated rings. The van der Waals surface area contributed by atoms with E-state index in [-0.39, 0.29) is 5.92 Å². The zero-order valence-electron chi connectivity index (χ0n) is 29.4. The van der Waals surface area contributed by atoms with Crippen molar-refractivity contribution in [2.24, 2.45) is 0 Å². The summed E-state index contributed by atoms with van der Waals surface area (Å²) in [5.74, 6) is 0.962. The molecule has 3 unspecified atom stereocenters. The summed E-state index contributed by atoms with van der Waals surface area (Å²) in [4.78, 5) is 11.1. The summed E-state index contributed by atoms with van der Waals surface area (Å²) in [6.45, 7) is 0. The molecule has 1 heterocycles. The highest BCUT2D eigenvalue weighted by molar-refractivity contribution is 7.48. The van der Waals surface area contributed by atoms with E-state index in [0.29, 0.717) is 11.5 Å². The molecule has 11 rings (SSSR count). The van der Waals surface area contributed by atoms with E-state index in [9.17, 15) is 9.46 Å². The molecule has 0 saturated heterocycles. The quantitative estimate of drug-likeness (QED) is 0.184. The maximum absolute atomic E-state index is 13.5. The van der Waals surface area contributed by atoms with E-state index in [1.165, 1.54) is 49.4 Å². The maximum Gasteiger partial charge on any atom is 0.584 e. The number of phosphoric ester groups is 1. The molecule has 4 nitrogen and oxygen atoms in total. The van der Waals surface area contributed by atoms with Gasteiger partial charge in [-0.25, -0.2) is 4.57 Å². The van der Waals surface area contributed by atoms with E-state index in [0.717, 1.165) is 52.6 Å². The normalized spacial score (nSPS) is 20.8. The first-order valence-corrected chi connectivity index (χ1v) is 20.1. The summed E-state index contributed by atoms with van der Waals surface area (Å²) in [7, 11) is -4.46. The molecule has 8 aromatic rings. The van der Waals surface area contributed by atoms with Crippen molar-refractivity contribution in [3.8, 4) is 44.9 Å². The molecule has 2 aliphatic carbocycles. The van der Waals surface area contributed by atoms with Gasteiger partial charge in [-0.2, -0.15) is 0 Å². The van der Waals surface area contributed by atoms with Crippen molar-refractivity contribution in [1.29, 1.82) is 0 Å². The summed E-state index contributed by atoms with van der Waals surface area (Å²) in [6, 6.07) is 57.7. The molecule has 0 amide bonds. The lowest BCUT2D eigenvalue weighted by molar-refractivity contribution is 0.280. The molecule has 3 aliphatic rings. The molecule has 0 bridgehead atoms. The predicted molar refractivity (Wildman–Crippen MR) is 217 cm³/mol. The smallest absolute Gasteiger partial charge is 0.395 e. The van der Waals surface area contributed by atoms with Gasteiger partial charge in [0.25, 0.3) is 0 Å². The van der Waals surface area contributed by atoms with Crippen molar-refractivity contribution >= 4 is 29.4 Å². The molecular formula is C49H35O4P. The first-order chi connectivity index (χ1) is 26.4. The number of phosphoric acid groups is 1. The van der Waals surface area contributed by atoms with Crippen LogP contribution in [0.1, 0.15) is 46.6 Å². The number of hydrogen-bond donors (Lipinski definition) is 1. The Labute approximate surface area is 313 Å². The van der Waals surface area contributed by atoms with Gasteiger partial charge in [0.2, 0.25) is 0 Å². The third kappa shape index (κ3) is 4.91. The fourth-order valence-corrected chi connectivity index (χ4v) is 10.6. The van der Waals surface area contributed by atoms with E-state index in [2.05, 4.69) is 140 Å². The number of rotatable bonds is 4. The van der Waals surface area contributed by atoms with E-state index < -0.39 is 13.2 Å². The highest BCUT2D eigenvalue weighted by Gasteiger charge is 2.54. The van der Waals surface area contributed by atoms with Crippen LogP contribution in [0.5, 0.6) is 11.5 Å². The van der Waals surface area contributed by atoms with Gasteiger partial charge in [0.05, 0.1) is 0 Å².